The van der Waals surface area contributed by atoms with E-state index in [9.17, 15) is 0 Å². The maximum atomic E-state index is 5.02. The Balaban J connectivity index is 1.46. The van der Waals surface area contributed by atoms with Gasteiger partial charge in [-0.2, -0.15) is 0 Å². The van der Waals surface area contributed by atoms with Crippen LogP contribution in [-0.4, -0.2) is 14.5 Å². The molecule has 0 saturated carbocycles. The first-order valence-electron chi connectivity index (χ1n) is 13.6. The van der Waals surface area contributed by atoms with Crippen molar-refractivity contribution in [2.24, 2.45) is 0 Å². The first kappa shape index (κ1) is 22.7. The van der Waals surface area contributed by atoms with E-state index in [0.29, 0.717) is 0 Å². The number of aromatic nitrogens is 3. The highest BCUT2D eigenvalue weighted by Gasteiger charge is 2.46. The first-order chi connectivity index (χ1) is 19.9. The Morgan fingerprint density at radius 2 is 1.20 bits per heavy atom. The van der Waals surface area contributed by atoms with E-state index < -0.39 is 5.41 Å². The fourth-order valence-corrected chi connectivity index (χ4v) is 6.55. The SMILES string of the molecule is c1ccc(-c2nccc(-n3ccc4ccc5c(c43)-c3ccccc3C5(c3ccccc3)c3ccccc3)n2)cc1. The number of fused-ring (bicyclic) bond motifs is 5. The van der Waals surface area contributed by atoms with E-state index in [1.54, 1.807) is 0 Å². The van der Waals surface area contributed by atoms with Gasteiger partial charge >= 0.3 is 0 Å². The number of hydrogen-bond acceptors (Lipinski definition) is 2. The molecule has 188 valence electrons. The minimum absolute atomic E-state index is 0.432. The zero-order valence-electron chi connectivity index (χ0n) is 21.8. The van der Waals surface area contributed by atoms with Crippen molar-refractivity contribution in [3.8, 4) is 28.3 Å². The molecule has 40 heavy (non-hydrogen) atoms. The Bertz CT molecular complexity index is 1950. The number of nitrogens with zero attached hydrogens (tertiary/aromatic N) is 3. The molecule has 3 nitrogen and oxygen atoms in total. The molecule has 7 aromatic rings. The molecular formula is C37H25N3. The second-order valence-corrected chi connectivity index (χ2v) is 10.2. The van der Waals surface area contributed by atoms with Gasteiger partial charge in [0, 0.05) is 28.9 Å². The van der Waals surface area contributed by atoms with Gasteiger partial charge in [-0.15, -0.1) is 0 Å². The molecule has 2 aromatic heterocycles. The molecule has 0 atom stereocenters. The third-order valence-electron chi connectivity index (χ3n) is 8.19. The summed E-state index contributed by atoms with van der Waals surface area (Å²) in [7, 11) is 0. The van der Waals surface area contributed by atoms with Crippen molar-refractivity contribution in [1.29, 1.82) is 0 Å². The molecule has 0 radical (unpaired) electrons. The summed E-state index contributed by atoms with van der Waals surface area (Å²) in [5.74, 6) is 1.57. The number of hydrogen-bond donors (Lipinski definition) is 0. The third-order valence-corrected chi connectivity index (χ3v) is 8.19. The Morgan fingerprint density at radius 1 is 0.550 bits per heavy atom. The lowest BCUT2D eigenvalue weighted by Crippen LogP contribution is -2.28. The van der Waals surface area contributed by atoms with Crippen LogP contribution in [0.25, 0.3) is 39.2 Å². The molecular weight excluding hydrogens is 486 g/mol. The summed E-state index contributed by atoms with van der Waals surface area (Å²) in [6.45, 7) is 0. The topological polar surface area (TPSA) is 30.7 Å². The second kappa shape index (κ2) is 8.89. The molecule has 0 bridgehead atoms. The predicted octanol–water partition coefficient (Wildman–Crippen LogP) is 8.45. The molecule has 1 aliphatic rings. The smallest absolute Gasteiger partial charge is 0.161 e. The van der Waals surface area contributed by atoms with E-state index >= 15 is 0 Å². The molecule has 0 aliphatic heterocycles. The lowest BCUT2D eigenvalue weighted by molar-refractivity contribution is 0.769. The lowest BCUT2D eigenvalue weighted by Gasteiger charge is -2.33. The highest BCUT2D eigenvalue weighted by Crippen LogP contribution is 2.57. The zero-order chi connectivity index (χ0) is 26.5. The molecule has 1 aliphatic carbocycles. The monoisotopic (exact) mass is 511 g/mol. The summed E-state index contributed by atoms with van der Waals surface area (Å²) >= 11 is 0. The highest BCUT2D eigenvalue weighted by atomic mass is 15.1. The van der Waals surface area contributed by atoms with Crippen LogP contribution in [0.5, 0.6) is 0 Å². The van der Waals surface area contributed by atoms with Crippen LogP contribution >= 0.6 is 0 Å². The Hall–Kier alpha value is -5.28. The summed E-state index contributed by atoms with van der Waals surface area (Å²) in [6, 6.07) is 49.6. The normalized spacial score (nSPS) is 13.2. The summed E-state index contributed by atoms with van der Waals surface area (Å²) in [5, 5.41) is 1.19. The fourth-order valence-electron chi connectivity index (χ4n) is 6.55. The van der Waals surface area contributed by atoms with E-state index in [-0.39, 0.29) is 0 Å². The quantitative estimate of drug-likeness (QED) is 0.237. The average Bonchev–Trinajstić information content (AvgIpc) is 3.60. The molecule has 0 fully saturated rings. The largest absolute Gasteiger partial charge is 0.300 e. The molecule has 5 aromatic carbocycles. The molecule has 0 saturated heterocycles. The van der Waals surface area contributed by atoms with E-state index in [1.165, 1.54) is 38.8 Å². The summed E-state index contributed by atoms with van der Waals surface area (Å²) < 4.78 is 2.23. The maximum absolute atomic E-state index is 5.02. The summed E-state index contributed by atoms with van der Waals surface area (Å²) in [5.41, 5.74) is 9.36. The van der Waals surface area contributed by atoms with E-state index in [1.807, 2.05) is 30.5 Å². The number of benzene rings is 5. The average molecular weight is 512 g/mol. The highest BCUT2D eigenvalue weighted by molar-refractivity contribution is 6.03. The molecule has 0 N–H and O–H groups in total. The molecule has 0 amide bonds. The Kier molecular flexibility index (Phi) is 5.04. The van der Waals surface area contributed by atoms with Gasteiger partial charge in [0.15, 0.2) is 5.82 Å². The fraction of sp³-hybridized carbons (Fsp3) is 0.0270. The van der Waals surface area contributed by atoms with Crippen LogP contribution in [-0.2, 0) is 5.41 Å². The van der Waals surface area contributed by atoms with Crippen molar-refractivity contribution in [3.05, 3.63) is 174 Å². The van der Waals surface area contributed by atoms with Gasteiger partial charge in [-0.3, -0.25) is 0 Å². The minimum atomic E-state index is -0.432. The molecule has 8 rings (SSSR count). The van der Waals surface area contributed by atoms with Crippen molar-refractivity contribution in [2.75, 3.05) is 0 Å². The van der Waals surface area contributed by atoms with Crippen LogP contribution in [0.3, 0.4) is 0 Å². The second-order valence-electron chi connectivity index (χ2n) is 10.2. The van der Waals surface area contributed by atoms with Gasteiger partial charge in [0.05, 0.1) is 10.9 Å². The molecule has 3 heteroatoms. The zero-order valence-corrected chi connectivity index (χ0v) is 21.8. The van der Waals surface area contributed by atoms with Gasteiger partial charge in [0.25, 0.3) is 0 Å². The van der Waals surface area contributed by atoms with Crippen LogP contribution in [0.2, 0.25) is 0 Å². The van der Waals surface area contributed by atoms with Crippen molar-refractivity contribution in [2.45, 2.75) is 5.41 Å². The van der Waals surface area contributed by atoms with E-state index in [0.717, 1.165) is 22.7 Å². The van der Waals surface area contributed by atoms with E-state index in [2.05, 4.69) is 131 Å². The van der Waals surface area contributed by atoms with Crippen molar-refractivity contribution in [1.82, 2.24) is 14.5 Å². The Labute approximate surface area is 233 Å². The summed E-state index contributed by atoms with van der Waals surface area (Å²) in [4.78, 5) is 9.61. The Morgan fingerprint density at radius 3 is 1.93 bits per heavy atom. The maximum Gasteiger partial charge on any atom is 0.161 e. The van der Waals surface area contributed by atoms with Gasteiger partial charge in [-0.05, 0) is 39.9 Å². The van der Waals surface area contributed by atoms with Gasteiger partial charge in [0.2, 0.25) is 0 Å². The minimum Gasteiger partial charge on any atom is -0.300 e. The lowest BCUT2D eigenvalue weighted by atomic mass is 9.67. The van der Waals surface area contributed by atoms with Gasteiger partial charge in [-0.1, -0.05) is 127 Å². The van der Waals surface area contributed by atoms with Crippen LogP contribution in [0.4, 0.5) is 0 Å². The van der Waals surface area contributed by atoms with Gasteiger partial charge in [-0.25, -0.2) is 9.97 Å². The number of rotatable bonds is 4. The van der Waals surface area contributed by atoms with Crippen LogP contribution in [0.15, 0.2) is 152 Å². The van der Waals surface area contributed by atoms with Crippen molar-refractivity contribution < 1.29 is 0 Å². The van der Waals surface area contributed by atoms with Crippen molar-refractivity contribution in [3.63, 3.8) is 0 Å². The van der Waals surface area contributed by atoms with Crippen molar-refractivity contribution >= 4 is 10.9 Å². The molecule has 0 unspecified atom stereocenters. The molecule has 2 heterocycles. The molecule has 0 spiro atoms. The van der Waals surface area contributed by atoms with Gasteiger partial charge in [0.1, 0.15) is 5.82 Å². The third kappa shape index (κ3) is 3.18. The summed E-state index contributed by atoms with van der Waals surface area (Å²) in [6.07, 6.45) is 3.99. The predicted molar refractivity (Wildman–Crippen MR) is 162 cm³/mol. The van der Waals surface area contributed by atoms with Crippen LogP contribution < -0.4 is 0 Å². The van der Waals surface area contributed by atoms with Gasteiger partial charge < -0.3 is 4.57 Å². The van der Waals surface area contributed by atoms with Crippen LogP contribution in [0, 0.1) is 0 Å². The van der Waals surface area contributed by atoms with E-state index in [4.69, 9.17) is 4.98 Å². The standard InChI is InChI=1S/C37H25N3/c1-4-12-27(13-5-1)36-38-24-22-33(39-36)40-25-23-26-20-21-32-34(35(26)40)30-18-10-11-19-31(30)37(32,28-14-6-2-7-15-28)29-16-8-3-9-17-29/h1-25H. The first-order valence-corrected chi connectivity index (χ1v) is 13.6. The van der Waals surface area contributed by atoms with Crippen LogP contribution in [0.1, 0.15) is 22.3 Å².